The van der Waals surface area contributed by atoms with Gasteiger partial charge in [0.25, 0.3) is 0 Å². The number of ketones is 1. The number of amides is 1. The van der Waals surface area contributed by atoms with E-state index in [1.165, 1.54) is 11.3 Å². The van der Waals surface area contributed by atoms with Crippen LogP contribution in [0.4, 0.5) is 4.79 Å². The van der Waals surface area contributed by atoms with Crippen LogP contribution < -0.4 is 0 Å². The Labute approximate surface area is 149 Å². The summed E-state index contributed by atoms with van der Waals surface area (Å²) >= 11 is 0. The molecule has 25 heavy (non-hydrogen) atoms. The molecule has 2 saturated carbocycles. The zero-order chi connectivity index (χ0) is 18.2. The summed E-state index contributed by atoms with van der Waals surface area (Å²) in [7, 11) is 0. The zero-order valence-corrected chi connectivity index (χ0v) is 15.5. The Balaban J connectivity index is 1.54. The number of likely N-dealkylation sites (tertiary alicyclic amines) is 1. The Morgan fingerprint density at radius 2 is 1.72 bits per heavy atom. The SMILES string of the molecule is CC(C)(C)OC(=O)N1[C@@H]2C[C@@H]2C[C@H]1C(=O)OCC(=O)C1CCCCC1. The number of piperidine rings is 1. The van der Waals surface area contributed by atoms with Crippen LogP contribution in [-0.4, -0.2) is 47.0 Å². The van der Waals surface area contributed by atoms with Crippen molar-refractivity contribution in [2.75, 3.05) is 6.61 Å². The molecule has 0 bridgehead atoms. The third-order valence-corrected chi connectivity index (χ3v) is 5.40. The highest BCUT2D eigenvalue weighted by Gasteiger charge is 2.57. The van der Waals surface area contributed by atoms with E-state index in [2.05, 4.69) is 0 Å². The smallest absolute Gasteiger partial charge is 0.411 e. The lowest BCUT2D eigenvalue weighted by Crippen LogP contribution is -2.46. The minimum atomic E-state index is -0.613. The largest absolute Gasteiger partial charge is 0.456 e. The zero-order valence-electron chi connectivity index (χ0n) is 15.5. The highest BCUT2D eigenvalue weighted by atomic mass is 16.6. The molecule has 3 rings (SSSR count). The molecular weight excluding hydrogens is 322 g/mol. The molecule has 6 nitrogen and oxygen atoms in total. The molecule has 6 heteroatoms. The number of carbonyl (C=O) groups excluding carboxylic acids is 3. The summed E-state index contributed by atoms with van der Waals surface area (Å²) in [4.78, 5) is 38.6. The lowest BCUT2D eigenvalue weighted by Gasteiger charge is -2.29. The second kappa shape index (κ2) is 6.96. The quantitative estimate of drug-likeness (QED) is 0.728. The second-order valence-corrected chi connectivity index (χ2v) is 8.61. The molecule has 140 valence electrons. The van der Waals surface area contributed by atoms with E-state index in [0.717, 1.165) is 32.1 Å². The molecule has 0 spiro atoms. The number of carbonyl (C=O) groups is 3. The lowest BCUT2D eigenvalue weighted by atomic mass is 9.86. The predicted octanol–water partition coefficient (Wildman–Crippen LogP) is 3.08. The van der Waals surface area contributed by atoms with Crippen LogP contribution in [0.25, 0.3) is 0 Å². The first-order chi connectivity index (χ1) is 11.8. The van der Waals surface area contributed by atoms with E-state index in [4.69, 9.17) is 9.47 Å². The van der Waals surface area contributed by atoms with Crippen molar-refractivity contribution in [3.8, 4) is 0 Å². The predicted molar refractivity (Wildman–Crippen MR) is 90.9 cm³/mol. The molecule has 1 saturated heterocycles. The number of Topliss-reactive ketones (excluding diaryl/α,β-unsaturated/α-hetero) is 1. The first-order valence-electron chi connectivity index (χ1n) is 9.47. The van der Waals surface area contributed by atoms with Crippen molar-refractivity contribution in [2.24, 2.45) is 11.8 Å². The molecule has 0 aromatic carbocycles. The molecule has 2 aliphatic carbocycles. The van der Waals surface area contributed by atoms with E-state index in [9.17, 15) is 14.4 Å². The maximum absolute atomic E-state index is 12.5. The molecule has 0 aromatic rings. The molecule has 3 atom stereocenters. The fraction of sp³-hybridized carbons (Fsp3) is 0.842. The first-order valence-corrected chi connectivity index (χ1v) is 9.47. The van der Waals surface area contributed by atoms with Crippen LogP contribution in [0.15, 0.2) is 0 Å². The molecule has 0 N–H and O–H groups in total. The summed E-state index contributed by atoms with van der Waals surface area (Å²) in [5.41, 5.74) is -0.602. The molecule has 0 aromatic heterocycles. The Hall–Kier alpha value is -1.59. The lowest BCUT2D eigenvalue weighted by molar-refractivity contribution is -0.153. The number of nitrogens with zero attached hydrogens (tertiary/aromatic N) is 1. The van der Waals surface area contributed by atoms with Gasteiger partial charge in [0.2, 0.25) is 0 Å². The number of ether oxygens (including phenoxy) is 2. The Morgan fingerprint density at radius 1 is 1.04 bits per heavy atom. The van der Waals surface area contributed by atoms with Crippen LogP contribution in [0.2, 0.25) is 0 Å². The van der Waals surface area contributed by atoms with Gasteiger partial charge in [-0.05, 0) is 52.4 Å². The van der Waals surface area contributed by atoms with E-state index in [-0.39, 0.29) is 24.3 Å². The average Bonchev–Trinajstić information content (AvgIpc) is 3.21. The highest BCUT2D eigenvalue weighted by molar-refractivity contribution is 5.87. The number of hydrogen-bond acceptors (Lipinski definition) is 5. The molecule has 3 aliphatic rings. The monoisotopic (exact) mass is 351 g/mol. The highest BCUT2D eigenvalue weighted by Crippen LogP contribution is 2.48. The van der Waals surface area contributed by atoms with Crippen molar-refractivity contribution in [2.45, 2.75) is 83.4 Å². The summed E-state index contributed by atoms with van der Waals surface area (Å²) in [6, 6.07) is -0.529. The fourth-order valence-corrected chi connectivity index (χ4v) is 4.03. The van der Waals surface area contributed by atoms with Crippen LogP contribution in [0.3, 0.4) is 0 Å². The Kier molecular flexibility index (Phi) is 5.07. The van der Waals surface area contributed by atoms with Gasteiger partial charge >= 0.3 is 12.1 Å². The van der Waals surface area contributed by atoms with E-state index in [1.807, 2.05) is 20.8 Å². The van der Waals surface area contributed by atoms with Crippen molar-refractivity contribution < 1.29 is 23.9 Å². The van der Waals surface area contributed by atoms with E-state index in [0.29, 0.717) is 12.3 Å². The number of hydrogen-bond donors (Lipinski definition) is 0. The molecular formula is C19H29NO5. The van der Waals surface area contributed by atoms with Crippen molar-refractivity contribution in [1.82, 2.24) is 4.90 Å². The van der Waals surface area contributed by atoms with Gasteiger partial charge < -0.3 is 9.47 Å². The standard InChI is InChI=1S/C19H29NO5/c1-19(2,3)25-18(23)20-14-9-13(14)10-15(20)17(22)24-11-16(21)12-7-5-4-6-8-12/h12-15H,4-11H2,1-3H3/t13-,14-,15+/m1/s1. The van der Waals surface area contributed by atoms with Gasteiger partial charge in [0.05, 0.1) is 0 Å². The maximum atomic E-state index is 12.5. The van der Waals surface area contributed by atoms with E-state index >= 15 is 0 Å². The topological polar surface area (TPSA) is 72.9 Å². The Bertz CT molecular complexity index is 547. The van der Waals surface area contributed by atoms with Crippen LogP contribution in [0, 0.1) is 11.8 Å². The van der Waals surface area contributed by atoms with Gasteiger partial charge in [0.1, 0.15) is 18.2 Å². The third kappa shape index (κ3) is 4.33. The molecule has 3 fully saturated rings. The van der Waals surface area contributed by atoms with Crippen molar-refractivity contribution in [3.05, 3.63) is 0 Å². The fourth-order valence-electron chi connectivity index (χ4n) is 4.03. The van der Waals surface area contributed by atoms with Gasteiger partial charge in [-0.25, -0.2) is 9.59 Å². The molecule has 1 aliphatic heterocycles. The van der Waals surface area contributed by atoms with Crippen molar-refractivity contribution in [1.29, 1.82) is 0 Å². The molecule has 1 heterocycles. The van der Waals surface area contributed by atoms with Gasteiger partial charge in [0, 0.05) is 12.0 Å². The summed E-state index contributed by atoms with van der Waals surface area (Å²) in [6.45, 7) is 5.25. The summed E-state index contributed by atoms with van der Waals surface area (Å²) in [5, 5.41) is 0. The maximum Gasteiger partial charge on any atom is 0.411 e. The van der Waals surface area contributed by atoms with Gasteiger partial charge in [-0.1, -0.05) is 19.3 Å². The van der Waals surface area contributed by atoms with Crippen LogP contribution in [0.5, 0.6) is 0 Å². The first kappa shape index (κ1) is 18.2. The number of esters is 1. The third-order valence-electron chi connectivity index (χ3n) is 5.40. The van der Waals surface area contributed by atoms with Crippen LogP contribution in [-0.2, 0) is 19.1 Å². The molecule has 1 amide bonds. The second-order valence-electron chi connectivity index (χ2n) is 8.61. The van der Waals surface area contributed by atoms with E-state index in [1.54, 1.807) is 0 Å². The normalized spacial score (nSPS) is 29.1. The van der Waals surface area contributed by atoms with Gasteiger partial charge in [-0.2, -0.15) is 0 Å². The van der Waals surface area contributed by atoms with Gasteiger partial charge in [0.15, 0.2) is 5.78 Å². The minimum Gasteiger partial charge on any atom is -0.456 e. The number of rotatable bonds is 4. The summed E-state index contributed by atoms with van der Waals surface area (Å²) in [6.07, 6.45) is 6.19. The molecule has 0 unspecified atom stereocenters. The molecule has 0 radical (unpaired) electrons. The Morgan fingerprint density at radius 3 is 2.36 bits per heavy atom. The van der Waals surface area contributed by atoms with Crippen LogP contribution in [0.1, 0.15) is 65.7 Å². The summed E-state index contributed by atoms with van der Waals surface area (Å²) in [5.74, 6) is -0.0677. The van der Waals surface area contributed by atoms with E-state index < -0.39 is 23.7 Å². The average molecular weight is 351 g/mol. The summed E-state index contributed by atoms with van der Waals surface area (Å²) < 4.78 is 10.7. The van der Waals surface area contributed by atoms with Crippen LogP contribution >= 0.6 is 0 Å². The van der Waals surface area contributed by atoms with Crippen molar-refractivity contribution >= 4 is 17.8 Å². The van der Waals surface area contributed by atoms with Crippen molar-refractivity contribution in [3.63, 3.8) is 0 Å². The minimum absolute atomic E-state index is 0.0139. The number of fused-ring (bicyclic) bond motifs is 1. The van der Waals surface area contributed by atoms with Gasteiger partial charge in [-0.15, -0.1) is 0 Å². The van der Waals surface area contributed by atoms with Gasteiger partial charge in [-0.3, -0.25) is 9.69 Å².